The van der Waals surface area contributed by atoms with Crippen molar-refractivity contribution in [3.63, 3.8) is 0 Å². The van der Waals surface area contributed by atoms with Crippen LogP contribution in [0, 0.1) is 5.82 Å². The maximum absolute atomic E-state index is 12.9. The van der Waals surface area contributed by atoms with E-state index in [0.717, 1.165) is 0 Å². The second-order valence-electron chi connectivity index (χ2n) is 6.53. The van der Waals surface area contributed by atoms with Crippen molar-refractivity contribution in [2.75, 3.05) is 11.9 Å². The molecule has 0 spiro atoms. The number of carbonyl (C=O) groups is 2. The fourth-order valence-corrected chi connectivity index (χ4v) is 2.34. The van der Waals surface area contributed by atoms with E-state index in [2.05, 4.69) is 5.32 Å². The number of nitrogens with one attached hydrogen (secondary N) is 1. The molecule has 1 heterocycles. The number of nitrogens with zero attached hydrogens (tertiary/aromatic N) is 1. The highest BCUT2D eigenvalue weighted by molar-refractivity contribution is 5.97. The van der Waals surface area contributed by atoms with Gasteiger partial charge in [0.05, 0.1) is 12.6 Å². The topological polar surface area (TPSA) is 78.9 Å². The lowest BCUT2D eigenvalue weighted by atomic mass is 10.2. The van der Waals surface area contributed by atoms with Crippen LogP contribution < -0.4 is 5.32 Å². The number of aliphatic hydroxyl groups excluding tert-OH is 1. The van der Waals surface area contributed by atoms with Gasteiger partial charge in [-0.05, 0) is 45.0 Å². The zero-order valence-electron chi connectivity index (χ0n) is 13.4. The largest absolute Gasteiger partial charge is 0.444 e. The molecule has 1 aliphatic heterocycles. The van der Waals surface area contributed by atoms with Crippen LogP contribution in [0.15, 0.2) is 24.3 Å². The summed E-state index contributed by atoms with van der Waals surface area (Å²) in [6.45, 7) is 5.22. The average molecular weight is 324 g/mol. The van der Waals surface area contributed by atoms with Crippen LogP contribution in [0.3, 0.4) is 0 Å². The Balaban J connectivity index is 2.07. The Morgan fingerprint density at radius 2 is 1.91 bits per heavy atom. The van der Waals surface area contributed by atoms with Crippen LogP contribution in [0.1, 0.15) is 27.2 Å². The van der Waals surface area contributed by atoms with Gasteiger partial charge in [0.15, 0.2) is 0 Å². The van der Waals surface area contributed by atoms with Gasteiger partial charge < -0.3 is 15.2 Å². The fourth-order valence-electron chi connectivity index (χ4n) is 2.34. The molecule has 0 saturated carbocycles. The highest BCUT2D eigenvalue weighted by atomic mass is 19.1. The molecule has 2 amide bonds. The molecule has 126 valence electrons. The number of ether oxygens (including phenoxy) is 1. The summed E-state index contributed by atoms with van der Waals surface area (Å²) in [5, 5.41) is 12.4. The summed E-state index contributed by atoms with van der Waals surface area (Å²) in [5.74, 6) is -0.853. The van der Waals surface area contributed by atoms with Gasteiger partial charge in [0, 0.05) is 12.1 Å². The normalized spacial score (nSPS) is 21.2. The Kier molecular flexibility index (Phi) is 4.89. The van der Waals surface area contributed by atoms with Crippen molar-refractivity contribution >= 4 is 17.7 Å². The van der Waals surface area contributed by atoms with Gasteiger partial charge in [0.2, 0.25) is 5.91 Å². The molecule has 6 nitrogen and oxygen atoms in total. The predicted molar refractivity (Wildman–Crippen MR) is 82.4 cm³/mol. The van der Waals surface area contributed by atoms with Crippen LogP contribution in [-0.4, -0.2) is 46.3 Å². The maximum atomic E-state index is 12.9. The van der Waals surface area contributed by atoms with Crippen LogP contribution >= 0.6 is 0 Å². The Labute approximate surface area is 134 Å². The summed E-state index contributed by atoms with van der Waals surface area (Å²) < 4.78 is 18.1. The van der Waals surface area contributed by atoms with Crippen molar-refractivity contribution in [3.05, 3.63) is 30.1 Å². The van der Waals surface area contributed by atoms with E-state index < -0.39 is 35.6 Å². The van der Waals surface area contributed by atoms with Gasteiger partial charge in [-0.15, -0.1) is 0 Å². The molecule has 0 aliphatic carbocycles. The molecular formula is C16H21FN2O4. The Morgan fingerprint density at radius 1 is 1.30 bits per heavy atom. The summed E-state index contributed by atoms with van der Waals surface area (Å²) in [4.78, 5) is 25.8. The molecule has 23 heavy (non-hydrogen) atoms. The minimum atomic E-state index is -0.829. The van der Waals surface area contributed by atoms with E-state index in [-0.39, 0.29) is 13.0 Å². The molecule has 1 aromatic rings. The third-order valence-corrected chi connectivity index (χ3v) is 3.32. The molecule has 1 aliphatic rings. The fraction of sp³-hybridized carbons (Fsp3) is 0.500. The lowest BCUT2D eigenvalue weighted by molar-refractivity contribution is -0.120. The highest BCUT2D eigenvalue weighted by Crippen LogP contribution is 2.22. The van der Waals surface area contributed by atoms with Gasteiger partial charge in [-0.2, -0.15) is 0 Å². The standard InChI is InChI=1S/C16H21FN2O4/c1-16(2,3)23-15(22)19-9-12(20)8-13(19)14(21)18-11-6-4-10(17)5-7-11/h4-7,12-13,20H,8-9H2,1-3H3,(H,18,21). The SMILES string of the molecule is CC(C)(C)OC(=O)N1CC(O)CC1C(=O)Nc1ccc(F)cc1. The third kappa shape index (κ3) is 4.66. The number of hydrogen-bond acceptors (Lipinski definition) is 4. The quantitative estimate of drug-likeness (QED) is 0.873. The molecule has 0 aromatic heterocycles. The molecule has 1 saturated heterocycles. The van der Waals surface area contributed by atoms with Gasteiger partial charge in [-0.3, -0.25) is 9.69 Å². The van der Waals surface area contributed by atoms with Gasteiger partial charge in [-0.25, -0.2) is 9.18 Å². The van der Waals surface area contributed by atoms with E-state index in [1.54, 1.807) is 20.8 Å². The van der Waals surface area contributed by atoms with Gasteiger partial charge >= 0.3 is 6.09 Å². The first kappa shape index (κ1) is 17.2. The van der Waals surface area contributed by atoms with E-state index in [0.29, 0.717) is 5.69 Å². The number of halogens is 1. The Morgan fingerprint density at radius 3 is 2.48 bits per heavy atom. The number of anilines is 1. The Bertz CT molecular complexity index is 583. The van der Waals surface area contributed by atoms with Crippen molar-refractivity contribution in [2.24, 2.45) is 0 Å². The molecule has 1 fully saturated rings. The van der Waals surface area contributed by atoms with Gasteiger partial charge in [-0.1, -0.05) is 0 Å². The van der Waals surface area contributed by atoms with Crippen molar-refractivity contribution in [1.82, 2.24) is 4.90 Å². The van der Waals surface area contributed by atoms with E-state index in [4.69, 9.17) is 4.74 Å². The average Bonchev–Trinajstić information content (AvgIpc) is 2.82. The second kappa shape index (κ2) is 6.54. The van der Waals surface area contributed by atoms with E-state index in [9.17, 15) is 19.1 Å². The molecule has 2 N–H and O–H groups in total. The number of likely N-dealkylation sites (tertiary alicyclic amines) is 1. The second-order valence-corrected chi connectivity index (χ2v) is 6.53. The summed E-state index contributed by atoms with van der Waals surface area (Å²) in [7, 11) is 0. The highest BCUT2D eigenvalue weighted by Gasteiger charge is 2.40. The number of amides is 2. The number of β-amino-alcohol motifs (C(OH)–C–C–N with tert-alkyl or cyclic N) is 1. The maximum Gasteiger partial charge on any atom is 0.411 e. The van der Waals surface area contributed by atoms with Crippen LogP contribution in [-0.2, 0) is 9.53 Å². The molecule has 2 rings (SSSR count). The van der Waals surface area contributed by atoms with Crippen molar-refractivity contribution in [2.45, 2.75) is 44.9 Å². The van der Waals surface area contributed by atoms with Crippen molar-refractivity contribution in [3.8, 4) is 0 Å². The minimum Gasteiger partial charge on any atom is -0.444 e. The number of carbonyl (C=O) groups excluding carboxylic acids is 2. The monoisotopic (exact) mass is 324 g/mol. The minimum absolute atomic E-state index is 0.0381. The molecule has 2 unspecified atom stereocenters. The number of aliphatic hydroxyl groups is 1. The molecule has 7 heteroatoms. The van der Waals surface area contributed by atoms with E-state index in [1.807, 2.05) is 0 Å². The van der Waals surface area contributed by atoms with Crippen LogP contribution in [0.4, 0.5) is 14.9 Å². The smallest absolute Gasteiger partial charge is 0.411 e. The van der Waals surface area contributed by atoms with Gasteiger partial charge in [0.1, 0.15) is 17.5 Å². The van der Waals surface area contributed by atoms with Crippen LogP contribution in [0.2, 0.25) is 0 Å². The molecule has 0 bridgehead atoms. The summed E-state index contributed by atoms with van der Waals surface area (Å²) in [6, 6.07) is 4.48. The molecule has 1 aromatic carbocycles. The van der Waals surface area contributed by atoms with Gasteiger partial charge in [0.25, 0.3) is 0 Å². The predicted octanol–water partition coefficient (Wildman–Crippen LogP) is 2.13. The summed E-state index contributed by atoms with van der Waals surface area (Å²) >= 11 is 0. The molecular weight excluding hydrogens is 303 g/mol. The first-order valence-corrected chi connectivity index (χ1v) is 7.40. The number of hydrogen-bond donors (Lipinski definition) is 2. The summed E-state index contributed by atoms with van der Waals surface area (Å²) in [5.41, 5.74) is -0.273. The number of rotatable bonds is 2. The lowest BCUT2D eigenvalue weighted by Crippen LogP contribution is -2.45. The van der Waals surface area contributed by atoms with Crippen LogP contribution in [0.5, 0.6) is 0 Å². The first-order valence-electron chi connectivity index (χ1n) is 7.40. The lowest BCUT2D eigenvalue weighted by Gasteiger charge is -2.27. The van der Waals surface area contributed by atoms with E-state index >= 15 is 0 Å². The zero-order chi connectivity index (χ0) is 17.2. The zero-order valence-corrected chi connectivity index (χ0v) is 13.4. The van der Waals surface area contributed by atoms with Crippen molar-refractivity contribution < 1.29 is 23.8 Å². The molecule has 0 radical (unpaired) electrons. The van der Waals surface area contributed by atoms with Crippen LogP contribution in [0.25, 0.3) is 0 Å². The number of benzene rings is 1. The first-order chi connectivity index (χ1) is 10.7. The Hall–Kier alpha value is -2.15. The molecule has 2 atom stereocenters. The summed E-state index contributed by atoms with van der Waals surface area (Å²) in [6.07, 6.45) is -1.30. The van der Waals surface area contributed by atoms with Crippen molar-refractivity contribution in [1.29, 1.82) is 0 Å². The third-order valence-electron chi connectivity index (χ3n) is 3.32. The van der Waals surface area contributed by atoms with E-state index in [1.165, 1.54) is 29.2 Å².